The molecule has 0 unspecified atom stereocenters. The topological polar surface area (TPSA) is 70.2 Å². The van der Waals surface area contributed by atoms with Crippen molar-refractivity contribution in [2.75, 3.05) is 13.6 Å². The van der Waals surface area contributed by atoms with Gasteiger partial charge in [0.15, 0.2) is 0 Å². The van der Waals surface area contributed by atoms with Crippen LogP contribution in [0.2, 0.25) is 0 Å². The number of hydrogen-bond donors (Lipinski definition) is 3. The Morgan fingerprint density at radius 3 is 1.86 bits per heavy atom. The van der Waals surface area contributed by atoms with E-state index in [1.165, 1.54) is 7.05 Å². The molecule has 3 N–H and O–H groups in total. The Morgan fingerprint density at radius 2 is 1.41 bits per heavy atom. The summed E-state index contributed by atoms with van der Waals surface area (Å²) in [7, 11) is 1.47. The van der Waals surface area contributed by atoms with Gasteiger partial charge in [-0.1, -0.05) is 60.7 Å². The van der Waals surface area contributed by atoms with Gasteiger partial charge in [0.1, 0.15) is 0 Å². The van der Waals surface area contributed by atoms with Crippen molar-refractivity contribution in [3.63, 3.8) is 0 Å². The average Bonchev–Trinajstić information content (AvgIpc) is 2.57. The van der Waals surface area contributed by atoms with Crippen molar-refractivity contribution in [2.24, 2.45) is 0 Å². The van der Waals surface area contributed by atoms with Crippen LogP contribution in [0.4, 0.5) is 4.79 Å². The predicted octanol–water partition coefficient (Wildman–Crippen LogP) is 1.82. The van der Waals surface area contributed by atoms with E-state index in [2.05, 4.69) is 16.0 Å². The molecule has 0 heterocycles. The summed E-state index contributed by atoms with van der Waals surface area (Å²) in [6, 6.07) is 19.1. The lowest BCUT2D eigenvalue weighted by Crippen LogP contribution is -2.42. The molecule has 0 spiro atoms. The first-order valence-corrected chi connectivity index (χ1v) is 7.05. The number of rotatable bonds is 5. The second-order valence-corrected chi connectivity index (χ2v) is 4.76. The lowest BCUT2D eigenvalue weighted by Gasteiger charge is -2.19. The fraction of sp³-hybridized carbons (Fsp3) is 0.176. The van der Waals surface area contributed by atoms with Gasteiger partial charge in [0.05, 0.1) is 12.6 Å². The lowest BCUT2D eigenvalue weighted by molar-refractivity contribution is -0.119. The van der Waals surface area contributed by atoms with Crippen LogP contribution in [0.3, 0.4) is 0 Å². The van der Waals surface area contributed by atoms with Crippen molar-refractivity contribution in [3.8, 4) is 0 Å². The highest BCUT2D eigenvalue weighted by molar-refractivity contribution is 5.95. The molecule has 0 saturated carbocycles. The minimum absolute atomic E-state index is 0.0435. The van der Waals surface area contributed by atoms with Crippen LogP contribution in [-0.2, 0) is 4.79 Å². The number of carbonyl (C=O) groups excluding carboxylic acids is 2. The SMILES string of the molecule is CNC(=O)NC(=O)CNC(c1ccccc1)c1ccccc1. The normalized spacial score (nSPS) is 10.3. The highest BCUT2D eigenvalue weighted by Crippen LogP contribution is 2.21. The Morgan fingerprint density at radius 1 is 0.909 bits per heavy atom. The minimum Gasteiger partial charge on any atom is -0.341 e. The number of carbonyl (C=O) groups is 2. The first kappa shape index (κ1) is 15.7. The molecule has 0 saturated heterocycles. The van der Waals surface area contributed by atoms with E-state index in [1.54, 1.807) is 0 Å². The summed E-state index contributed by atoms with van der Waals surface area (Å²) in [6.07, 6.45) is 0. The van der Waals surface area contributed by atoms with E-state index in [4.69, 9.17) is 0 Å². The Bertz CT molecular complexity index is 575. The summed E-state index contributed by atoms with van der Waals surface area (Å²) in [6.45, 7) is 0.0435. The third-order valence-corrected chi connectivity index (χ3v) is 3.21. The van der Waals surface area contributed by atoms with Crippen molar-refractivity contribution in [2.45, 2.75) is 6.04 Å². The molecule has 0 fully saturated rings. The van der Waals surface area contributed by atoms with E-state index < -0.39 is 6.03 Å². The van der Waals surface area contributed by atoms with Gasteiger partial charge in [-0.15, -0.1) is 0 Å². The molecule has 3 amide bonds. The number of amides is 3. The number of hydrogen-bond acceptors (Lipinski definition) is 3. The molecule has 0 aliphatic rings. The largest absolute Gasteiger partial charge is 0.341 e. The van der Waals surface area contributed by atoms with E-state index in [9.17, 15) is 9.59 Å². The number of benzene rings is 2. The molecule has 2 rings (SSSR count). The molecule has 22 heavy (non-hydrogen) atoms. The Labute approximate surface area is 129 Å². The number of imide groups is 1. The molecule has 0 atom stereocenters. The Balaban J connectivity index is 2.10. The van der Waals surface area contributed by atoms with Gasteiger partial charge in [-0.25, -0.2) is 4.79 Å². The van der Waals surface area contributed by atoms with Crippen LogP contribution in [-0.4, -0.2) is 25.5 Å². The molecule has 5 nitrogen and oxygen atoms in total. The molecular weight excluding hydrogens is 278 g/mol. The minimum atomic E-state index is -0.511. The maximum absolute atomic E-state index is 11.7. The molecule has 0 aliphatic heterocycles. The van der Waals surface area contributed by atoms with Crippen LogP contribution in [0, 0.1) is 0 Å². The van der Waals surface area contributed by atoms with Crippen molar-refractivity contribution in [1.82, 2.24) is 16.0 Å². The second kappa shape index (κ2) is 7.95. The molecule has 0 radical (unpaired) electrons. The van der Waals surface area contributed by atoms with Crippen molar-refractivity contribution < 1.29 is 9.59 Å². The van der Waals surface area contributed by atoms with Crippen LogP contribution in [0.15, 0.2) is 60.7 Å². The third-order valence-electron chi connectivity index (χ3n) is 3.21. The number of urea groups is 1. The zero-order valence-electron chi connectivity index (χ0n) is 12.4. The van der Waals surface area contributed by atoms with Crippen molar-refractivity contribution >= 4 is 11.9 Å². The van der Waals surface area contributed by atoms with Gasteiger partial charge in [0, 0.05) is 7.05 Å². The van der Waals surface area contributed by atoms with E-state index in [-0.39, 0.29) is 18.5 Å². The summed E-state index contributed by atoms with van der Waals surface area (Å²) in [5.41, 5.74) is 2.11. The van der Waals surface area contributed by atoms with Crippen molar-refractivity contribution in [3.05, 3.63) is 71.8 Å². The highest BCUT2D eigenvalue weighted by Gasteiger charge is 2.15. The second-order valence-electron chi connectivity index (χ2n) is 4.76. The van der Waals surface area contributed by atoms with E-state index in [1.807, 2.05) is 60.7 Å². The Kier molecular flexibility index (Phi) is 5.68. The van der Waals surface area contributed by atoms with E-state index >= 15 is 0 Å². The maximum atomic E-state index is 11.7. The zero-order valence-corrected chi connectivity index (χ0v) is 12.4. The van der Waals surface area contributed by atoms with Gasteiger partial charge >= 0.3 is 6.03 Å². The molecule has 2 aromatic carbocycles. The Hall–Kier alpha value is -2.66. The van der Waals surface area contributed by atoms with Gasteiger partial charge in [-0.3, -0.25) is 15.4 Å². The summed E-state index contributed by atoms with van der Waals surface area (Å²) in [5, 5.41) is 7.77. The quantitative estimate of drug-likeness (QED) is 0.788. The van der Waals surface area contributed by atoms with Crippen LogP contribution in [0.1, 0.15) is 17.2 Å². The fourth-order valence-electron chi connectivity index (χ4n) is 2.15. The van der Waals surface area contributed by atoms with Gasteiger partial charge in [0.2, 0.25) is 5.91 Å². The van der Waals surface area contributed by atoms with Gasteiger partial charge < -0.3 is 5.32 Å². The zero-order chi connectivity index (χ0) is 15.8. The molecule has 114 valence electrons. The standard InChI is InChI=1S/C17H19N3O2/c1-18-17(22)20-15(21)12-19-16(13-8-4-2-5-9-13)14-10-6-3-7-11-14/h2-11,16,19H,12H2,1H3,(H2,18,20,21,22). The van der Waals surface area contributed by atoms with E-state index in [0.29, 0.717) is 0 Å². The third kappa shape index (κ3) is 4.43. The first-order valence-electron chi connectivity index (χ1n) is 7.05. The van der Waals surface area contributed by atoms with Crippen LogP contribution < -0.4 is 16.0 Å². The van der Waals surface area contributed by atoms with Gasteiger partial charge in [0.25, 0.3) is 0 Å². The predicted molar refractivity (Wildman–Crippen MR) is 85.3 cm³/mol. The summed E-state index contributed by atoms with van der Waals surface area (Å²) in [4.78, 5) is 22.9. The van der Waals surface area contributed by atoms with Gasteiger partial charge in [-0.05, 0) is 11.1 Å². The summed E-state index contributed by atoms with van der Waals surface area (Å²) < 4.78 is 0. The molecule has 2 aromatic rings. The van der Waals surface area contributed by atoms with Crippen molar-refractivity contribution in [1.29, 1.82) is 0 Å². The van der Waals surface area contributed by atoms with Crippen LogP contribution in [0.5, 0.6) is 0 Å². The number of nitrogens with one attached hydrogen (secondary N) is 3. The summed E-state index contributed by atoms with van der Waals surface area (Å²) >= 11 is 0. The molecule has 0 aliphatic carbocycles. The molecule has 5 heteroatoms. The highest BCUT2D eigenvalue weighted by atomic mass is 16.2. The molecule has 0 bridgehead atoms. The van der Waals surface area contributed by atoms with Crippen LogP contribution in [0.25, 0.3) is 0 Å². The lowest BCUT2D eigenvalue weighted by atomic mass is 9.99. The maximum Gasteiger partial charge on any atom is 0.321 e. The average molecular weight is 297 g/mol. The smallest absolute Gasteiger partial charge is 0.321 e. The van der Waals surface area contributed by atoms with Gasteiger partial charge in [-0.2, -0.15) is 0 Å². The molecular formula is C17H19N3O2. The van der Waals surface area contributed by atoms with Crippen LogP contribution >= 0.6 is 0 Å². The first-order chi connectivity index (χ1) is 10.7. The summed E-state index contributed by atoms with van der Waals surface area (Å²) in [5.74, 6) is -0.379. The molecule has 0 aromatic heterocycles. The monoisotopic (exact) mass is 297 g/mol. The van der Waals surface area contributed by atoms with E-state index in [0.717, 1.165) is 11.1 Å². The fourth-order valence-corrected chi connectivity index (χ4v) is 2.15.